The summed E-state index contributed by atoms with van der Waals surface area (Å²) in [6, 6.07) is 3.26. The van der Waals surface area contributed by atoms with Gasteiger partial charge in [0.2, 0.25) is 0 Å². The van der Waals surface area contributed by atoms with Crippen LogP contribution in [-0.4, -0.2) is 22.0 Å². The summed E-state index contributed by atoms with van der Waals surface area (Å²) < 4.78 is 5.04. The van der Waals surface area contributed by atoms with Crippen molar-refractivity contribution in [1.82, 2.24) is 9.97 Å². The Morgan fingerprint density at radius 2 is 2.50 bits per heavy atom. The number of carbonyl (C=O) groups is 2. The highest BCUT2D eigenvalue weighted by molar-refractivity contribution is 5.99. The van der Waals surface area contributed by atoms with Crippen molar-refractivity contribution in [2.75, 3.05) is 0 Å². The average Bonchev–Trinajstić information content (AvgIpc) is 2.91. The first-order chi connectivity index (χ1) is 7.81. The summed E-state index contributed by atoms with van der Waals surface area (Å²) in [5.74, 6) is -0.171. The third-order valence-corrected chi connectivity index (χ3v) is 2.23. The Kier molecular flexibility index (Phi) is 2.95. The molecule has 1 N–H and O–H groups in total. The number of hydrogen-bond donors (Lipinski definition) is 1. The number of carbonyl (C=O) groups excluding carboxylic acids is 2. The fraction of sp³-hybridized carbons (Fsp3) is 0.182. The predicted molar refractivity (Wildman–Crippen MR) is 54.8 cm³/mol. The Morgan fingerprint density at radius 1 is 1.62 bits per heavy atom. The average molecular weight is 218 g/mol. The van der Waals surface area contributed by atoms with Crippen molar-refractivity contribution < 1.29 is 14.0 Å². The smallest absolute Gasteiger partial charge is 0.158 e. The van der Waals surface area contributed by atoms with Gasteiger partial charge in [-0.3, -0.25) is 4.79 Å². The largest absolute Gasteiger partial charge is 0.468 e. The molecule has 0 aliphatic rings. The van der Waals surface area contributed by atoms with Gasteiger partial charge in [-0.05, 0) is 12.1 Å². The van der Waals surface area contributed by atoms with Crippen LogP contribution in [0.15, 0.2) is 35.2 Å². The first kappa shape index (κ1) is 10.4. The highest BCUT2D eigenvalue weighted by atomic mass is 16.3. The van der Waals surface area contributed by atoms with Gasteiger partial charge >= 0.3 is 0 Å². The van der Waals surface area contributed by atoms with Gasteiger partial charge in [-0.1, -0.05) is 0 Å². The number of furan rings is 1. The highest BCUT2D eigenvalue weighted by Gasteiger charge is 2.23. The first-order valence-electron chi connectivity index (χ1n) is 4.81. The number of aromatic nitrogens is 2. The van der Waals surface area contributed by atoms with Gasteiger partial charge in [-0.15, -0.1) is 0 Å². The van der Waals surface area contributed by atoms with Gasteiger partial charge in [-0.25, -0.2) is 4.98 Å². The van der Waals surface area contributed by atoms with E-state index < -0.39 is 5.92 Å². The lowest BCUT2D eigenvalue weighted by atomic mass is 10.0. The maximum atomic E-state index is 11.8. The van der Waals surface area contributed by atoms with Crippen LogP contribution < -0.4 is 0 Å². The zero-order valence-corrected chi connectivity index (χ0v) is 8.42. The molecule has 2 rings (SSSR count). The summed E-state index contributed by atoms with van der Waals surface area (Å²) in [4.78, 5) is 29.4. The Bertz CT molecular complexity index is 459. The second-order valence-electron chi connectivity index (χ2n) is 3.31. The van der Waals surface area contributed by atoms with E-state index in [2.05, 4.69) is 9.97 Å². The molecular formula is C11H10N2O3. The molecule has 0 aliphatic carbocycles. The summed E-state index contributed by atoms with van der Waals surface area (Å²) >= 11 is 0. The van der Waals surface area contributed by atoms with Gasteiger partial charge in [0.15, 0.2) is 5.78 Å². The van der Waals surface area contributed by atoms with Gasteiger partial charge in [0.05, 0.1) is 12.7 Å². The minimum atomic E-state index is -0.847. The molecule has 0 aliphatic heterocycles. The maximum Gasteiger partial charge on any atom is 0.158 e. The predicted octanol–water partition coefficient (Wildman–Crippen LogP) is 1.10. The molecule has 16 heavy (non-hydrogen) atoms. The lowest BCUT2D eigenvalue weighted by Crippen LogP contribution is -2.16. The van der Waals surface area contributed by atoms with Gasteiger partial charge in [0.1, 0.15) is 23.8 Å². The number of rotatable bonds is 5. The summed E-state index contributed by atoms with van der Waals surface area (Å²) in [7, 11) is 0. The molecule has 0 bridgehead atoms. The Hall–Kier alpha value is -2.17. The molecule has 2 heterocycles. The molecule has 0 fully saturated rings. The quantitative estimate of drug-likeness (QED) is 0.602. The number of nitrogens with zero attached hydrogens (tertiary/aromatic N) is 1. The number of ketones is 1. The van der Waals surface area contributed by atoms with Gasteiger partial charge in [-0.2, -0.15) is 0 Å². The lowest BCUT2D eigenvalue weighted by molar-refractivity contribution is -0.124. The Morgan fingerprint density at radius 3 is 3.06 bits per heavy atom. The van der Waals surface area contributed by atoms with E-state index in [1.807, 2.05) is 0 Å². The molecule has 1 atom stereocenters. The van der Waals surface area contributed by atoms with Crippen molar-refractivity contribution in [3.05, 3.63) is 42.4 Å². The molecule has 0 saturated heterocycles. The zero-order valence-electron chi connectivity index (χ0n) is 8.42. The Labute approximate surface area is 91.5 Å². The van der Waals surface area contributed by atoms with Crippen LogP contribution in [0.1, 0.15) is 17.5 Å². The van der Waals surface area contributed by atoms with Crippen LogP contribution in [0.25, 0.3) is 0 Å². The minimum absolute atomic E-state index is 0.0944. The standard InChI is InChI=1S/C11H10N2O3/c14-7-8(10-2-1-5-16-10)9(15)6-11-12-3-4-13-11/h1-5,7-8H,6H2,(H,12,13). The van der Waals surface area contributed by atoms with E-state index in [-0.39, 0.29) is 12.2 Å². The molecule has 0 aromatic carbocycles. The number of imidazole rings is 1. The van der Waals surface area contributed by atoms with Crippen molar-refractivity contribution >= 4 is 12.1 Å². The summed E-state index contributed by atoms with van der Waals surface area (Å²) in [6.45, 7) is 0. The van der Waals surface area contributed by atoms with Crippen LogP contribution in [0, 0.1) is 0 Å². The third kappa shape index (κ3) is 2.08. The highest BCUT2D eigenvalue weighted by Crippen LogP contribution is 2.16. The van der Waals surface area contributed by atoms with Crippen LogP contribution in [0.3, 0.4) is 0 Å². The second-order valence-corrected chi connectivity index (χ2v) is 3.31. The molecular weight excluding hydrogens is 208 g/mol. The van der Waals surface area contributed by atoms with E-state index in [1.165, 1.54) is 6.26 Å². The molecule has 0 saturated carbocycles. The normalized spacial score (nSPS) is 12.2. The number of aldehydes is 1. The van der Waals surface area contributed by atoms with Crippen molar-refractivity contribution in [3.63, 3.8) is 0 Å². The van der Waals surface area contributed by atoms with E-state index in [9.17, 15) is 9.59 Å². The van der Waals surface area contributed by atoms with Crippen LogP contribution in [0.4, 0.5) is 0 Å². The Balaban J connectivity index is 2.11. The summed E-state index contributed by atoms with van der Waals surface area (Å²) in [5.41, 5.74) is 0. The maximum absolute atomic E-state index is 11.8. The van der Waals surface area contributed by atoms with E-state index in [0.717, 1.165) is 0 Å². The summed E-state index contributed by atoms with van der Waals surface area (Å²) in [5, 5.41) is 0. The van der Waals surface area contributed by atoms with Crippen LogP contribution in [0.2, 0.25) is 0 Å². The number of hydrogen-bond acceptors (Lipinski definition) is 4. The molecule has 82 valence electrons. The SMILES string of the molecule is O=CC(C(=O)Cc1ncc[nH]1)c1ccco1. The van der Waals surface area contributed by atoms with E-state index in [4.69, 9.17) is 4.42 Å². The summed E-state index contributed by atoms with van der Waals surface area (Å²) in [6.07, 6.45) is 5.31. The molecule has 1 unspecified atom stereocenters. The topological polar surface area (TPSA) is 76.0 Å². The fourth-order valence-corrected chi connectivity index (χ4v) is 1.44. The lowest BCUT2D eigenvalue weighted by Gasteiger charge is -2.04. The molecule has 2 aromatic rings. The van der Waals surface area contributed by atoms with E-state index in [0.29, 0.717) is 17.9 Å². The van der Waals surface area contributed by atoms with Gasteiger partial charge < -0.3 is 14.2 Å². The monoisotopic (exact) mass is 218 g/mol. The number of nitrogens with one attached hydrogen (secondary N) is 1. The van der Waals surface area contributed by atoms with Gasteiger partial charge in [0, 0.05) is 12.4 Å². The van der Waals surface area contributed by atoms with E-state index in [1.54, 1.807) is 24.5 Å². The van der Waals surface area contributed by atoms with Gasteiger partial charge in [0.25, 0.3) is 0 Å². The molecule has 0 amide bonds. The second kappa shape index (κ2) is 4.57. The first-order valence-corrected chi connectivity index (χ1v) is 4.81. The molecule has 0 spiro atoms. The fourth-order valence-electron chi connectivity index (χ4n) is 1.44. The third-order valence-electron chi connectivity index (χ3n) is 2.23. The molecule has 5 heteroatoms. The van der Waals surface area contributed by atoms with Crippen LogP contribution in [-0.2, 0) is 16.0 Å². The van der Waals surface area contributed by atoms with Crippen LogP contribution >= 0.6 is 0 Å². The van der Waals surface area contributed by atoms with Crippen molar-refractivity contribution in [2.24, 2.45) is 0 Å². The number of H-pyrrole nitrogens is 1. The number of Topliss-reactive ketones (excluding diaryl/α,β-unsaturated/α-hetero) is 1. The van der Waals surface area contributed by atoms with Crippen molar-refractivity contribution in [3.8, 4) is 0 Å². The molecule has 2 aromatic heterocycles. The van der Waals surface area contributed by atoms with E-state index >= 15 is 0 Å². The number of aromatic amines is 1. The molecule has 5 nitrogen and oxygen atoms in total. The van der Waals surface area contributed by atoms with Crippen molar-refractivity contribution in [1.29, 1.82) is 0 Å². The minimum Gasteiger partial charge on any atom is -0.468 e. The van der Waals surface area contributed by atoms with Crippen molar-refractivity contribution in [2.45, 2.75) is 12.3 Å². The van der Waals surface area contributed by atoms with Crippen LogP contribution in [0.5, 0.6) is 0 Å². The zero-order chi connectivity index (χ0) is 11.4. The molecule has 0 radical (unpaired) electrons.